The van der Waals surface area contributed by atoms with Gasteiger partial charge in [0.15, 0.2) is 5.78 Å². The summed E-state index contributed by atoms with van der Waals surface area (Å²) >= 11 is 0. The van der Waals surface area contributed by atoms with Crippen molar-refractivity contribution in [2.45, 2.75) is 26.7 Å². The Bertz CT molecular complexity index is 796. The van der Waals surface area contributed by atoms with Gasteiger partial charge in [0, 0.05) is 107 Å². The summed E-state index contributed by atoms with van der Waals surface area (Å²) < 4.78 is 19.9. The van der Waals surface area contributed by atoms with Gasteiger partial charge in [0.25, 0.3) is 0 Å². The topological polar surface area (TPSA) is 71.4 Å². The summed E-state index contributed by atoms with van der Waals surface area (Å²) in [5, 5.41) is 11.2. The maximum absolute atomic E-state index is 11.7. The van der Waals surface area contributed by atoms with Crippen molar-refractivity contribution in [1.29, 1.82) is 0 Å². The second kappa shape index (κ2) is 17.6. The third kappa shape index (κ3) is 15.7. The van der Waals surface area contributed by atoms with Crippen LogP contribution in [0.5, 0.6) is 0 Å². The van der Waals surface area contributed by atoms with Crippen LogP contribution >= 0.6 is 0 Å². The molecule has 0 bridgehead atoms. The second-order valence-electron chi connectivity index (χ2n) is 6.08. The molecule has 0 saturated heterocycles. The Balaban J connectivity index is 0. The molecule has 2 aromatic carbocycles. The number of unbranched alkanes of at least 4 members (excludes halogenated alkanes) is 1. The zero-order valence-electron chi connectivity index (χ0n) is 17.1. The Labute approximate surface area is 214 Å². The van der Waals surface area contributed by atoms with E-state index in [4.69, 9.17) is 5.11 Å². The van der Waals surface area contributed by atoms with Crippen LogP contribution in [0, 0.1) is 49.4 Å². The molecule has 0 aliphatic carbocycles. The number of rotatable bonds is 5. The Morgan fingerprint density at radius 3 is 2.00 bits per heavy atom. The van der Waals surface area contributed by atoms with Crippen molar-refractivity contribution in [2.24, 2.45) is 0 Å². The van der Waals surface area contributed by atoms with Gasteiger partial charge >= 0.3 is 0 Å². The monoisotopic (exact) mass is 563 g/mol. The first kappa shape index (κ1) is 30.0. The van der Waals surface area contributed by atoms with Crippen molar-refractivity contribution in [3.8, 4) is 0 Å². The second-order valence-corrected chi connectivity index (χ2v) is 9.12. The number of carbonyl (C=O) groups is 1. The molecule has 28 heavy (non-hydrogen) atoms. The van der Waals surface area contributed by atoms with Crippen LogP contribution in [0.2, 0.25) is 0 Å². The van der Waals surface area contributed by atoms with Crippen molar-refractivity contribution in [3.05, 3.63) is 59.9 Å². The van der Waals surface area contributed by atoms with Gasteiger partial charge in [0.1, 0.15) is 0 Å². The zero-order chi connectivity index (χ0) is 20.8. The van der Waals surface area contributed by atoms with Crippen LogP contribution in [0.15, 0.2) is 54.3 Å². The number of benzene rings is 2. The van der Waals surface area contributed by atoms with Crippen LogP contribution < -0.4 is 0 Å². The van der Waals surface area contributed by atoms with E-state index in [2.05, 4.69) is 6.92 Å². The van der Waals surface area contributed by atoms with Crippen molar-refractivity contribution in [1.82, 2.24) is 0 Å². The van der Waals surface area contributed by atoms with E-state index in [9.17, 15) is 13.2 Å². The molecular weight excluding hydrogens is 532 g/mol. The molecule has 0 spiro atoms. The van der Waals surface area contributed by atoms with E-state index in [1.807, 2.05) is 36.4 Å². The molecule has 4 nitrogen and oxygen atoms in total. The number of carbonyl (C=O) groups excluding carboxylic acids is 1. The van der Waals surface area contributed by atoms with Gasteiger partial charge in [-0.2, -0.15) is 0 Å². The van der Waals surface area contributed by atoms with E-state index in [0.29, 0.717) is 5.56 Å². The predicted molar refractivity (Wildman–Crippen MR) is 118 cm³/mol. The van der Waals surface area contributed by atoms with E-state index in [1.54, 1.807) is 24.8 Å². The van der Waals surface area contributed by atoms with Crippen molar-refractivity contribution < 1.29 is 67.7 Å². The number of ketones is 1. The number of hydrogen-bond acceptors (Lipinski definition) is 4. The van der Waals surface area contributed by atoms with Crippen LogP contribution in [0.3, 0.4) is 0 Å². The number of aliphatic hydroxyl groups excluding tert-OH is 1. The molecule has 7 heteroatoms. The minimum Gasteiger partial charge on any atom is -0.512 e. The largest absolute Gasteiger partial charge is 0.512 e. The first-order valence-electron chi connectivity index (χ1n) is 8.62. The quantitative estimate of drug-likeness (QED) is 0.328. The minimum absolute atomic E-state index is 0. The van der Waals surface area contributed by atoms with Gasteiger partial charge in [-0.15, -0.1) is 0 Å². The molecule has 0 fully saturated rings. The normalized spacial score (nSPS) is 11.4. The first-order valence-corrected chi connectivity index (χ1v) is 12.3. The van der Waals surface area contributed by atoms with Crippen LogP contribution in [0.25, 0.3) is 10.8 Å². The molecule has 1 unspecified atom stereocenters. The SMILES string of the molecule is C/C(O)=C/C(=O)c1ccc2ccccc2c1.CCCCS(C)=O.CS(C)=O.[Eu]. The van der Waals surface area contributed by atoms with Gasteiger partial charge in [-0.3, -0.25) is 13.2 Å². The maximum Gasteiger partial charge on any atom is 0.189 e. The van der Waals surface area contributed by atoms with Crippen molar-refractivity contribution in [2.75, 3.05) is 24.5 Å². The summed E-state index contributed by atoms with van der Waals surface area (Å²) in [5.74, 6) is 0.722. The number of hydrogen-bond donors (Lipinski definition) is 1. The summed E-state index contributed by atoms with van der Waals surface area (Å²) in [7, 11) is -1.18. The summed E-state index contributed by atoms with van der Waals surface area (Å²) in [6.07, 6.45) is 8.50. The average Bonchev–Trinajstić information content (AvgIpc) is 2.59. The molecule has 0 aliphatic heterocycles. The Hall–Kier alpha value is -0.206. The molecule has 0 amide bonds. The molecule has 0 saturated carbocycles. The zero-order valence-corrected chi connectivity index (χ0v) is 21.2. The molecule has 1 radical (unpaired) electrons. The Morgan fingerprint density at radius 1 is 1.04 bits per heavy atom. The fourth-order valence-corrected chi connectivity index (χ4v) is 2.66. The van der Waals surface area contributed by atoms with E-state index in [0.717, 1.165) is 29.4 Å². The molecular formula is C21H30EuO4S2. The molecule has 157 valence electrons. The summed E-state index contributed by atoms with van der Waals surface area (Å²) in [6, 6.07) is 13.4. The molecule has 0 aliphatic rings. The van der Waals surface area contributed by atoms with E-state index in [-0.39, 0.29) is 60.9 Å². The maximum atomic E-state index is 11.7. The van der Waals surface area contributed by atoms with Gasteiger partial charge in [-0.1, -0.05) is 49.7 Å². The first-order chi connectivity index (χ1) is 12.7. The van der Waals surface area contributed by atoms with Gasteiger partial charge in [-0.25, -0.2) is 0 Å². The predicted octanol–water partition coefficient (Wildman–Crippen LogP) is 4.64. The minimum atomic E-state index is -0.611. The van der Waals surface area contributed by atoms with Crippen LogP contribution in [0.4, 0.5) is 0 Å². The van der Waals surface area contributed by atoms with E-state index < -0.39 is 21.6 Å². The molecule has 2 rings (SSSR count). The standard InChI is InChI=1S/C14H12O2.C5H12OS.C2H6OS.Eu/c1-10(15)8-14(16)13-7-6-11-4-2-3-5-12(11)9-13;1-3-4-5-7(2)6;1-4(2)3;/h2-9,15H,1H3;3-5H2,1-2H3;1-2H3;/b10-8-;;;. The number of fused-ring (bicyclic) bond motifs is 1. The molecule has 0 heterocycles. The van der Waals surface area contributed by atoms with Gasteiger partial charge in [-0.05, 0) is 30.2 Å². The summed E-state index contributed by atoms with van der Waals surface area (Å²) in [4.78, 5) is 11.7. The van der Waals surface area contributed by atoms with Crippen LogP contribution in [-0.2, 0) is 21.6 Å². The van der Waals surface area contributed by atoms with E-state index >= 15 is 0 Å². The molecule has 2 aromatic rings. The summed E-state index contributed by atoms with van der Waals surface area (Å²) in [5.41, 5.74) is 0.590. The third-order valence-electron chi connectivity index (χ3n) is 3.16. The van der Waals surface area contributed by atoms with Crippen LogP contribution in [0.1, 0.15) is 37.0 Å². The molecule has 1 atom stereocenters. The van der Waals surface area contributed by atoms with Gasteiger partial charge in [0.2, 0.25) is 0 Å². The Kier molecular flexibility index (Phi) is 18.9. The smallest absolute Gasteiger partial charge is 0.189 e. The van der Waals surface area contributed by atoms with E-state index in [1.165, 1.54) is 13.0 Å². The fourth-order valence-electron chi connectivity index (χ4n) is 1.96. The summed E-state index contributed by atoms with van der Waals surface area (Å²) in [6.45, 7) is 3.59. The van der Waals surface area contributed by atoms with Crippen molar-refractivity contribution in [3.63, 3.8) is 0 Å². The Morgan fingerprint density at radius 2 is 1.57 bits per heavy atom. The van der Waals surface area contributed by atoms with Crippen molar-refractivity contribution >= 4 is 38.2 Å². The van der Waals surface area contributed by atoms with Gasteiger partial charge < -0.3 is 5.11 Å². The number of aliphatic hydroxyl groups is 1. The van der Waals surface area contributed by atoms with Crippen LogP contribution in [-0.4, -0.2) is 43.8 Å². The molecule has 1 N–H and O–H groups in total. The third-order valence-corrected chi connectivity index (χ3v) is 4.02. The fraction of sp³-hybridized carbons (Fsp3) is 0.381. The molecule has 0 aromatic heterocycles. The van der Waals surface area contributed by atoms with Gasteiger partial charge in [0.05, 0.1) is 5.76 Å². The average molecular weight is 563 g/mol. The number of allylic oxidation sites excluding steroid dienone is 2.